The van der Waals surface area contributed by atoms with Crippen LogP contribution >= 0.6 is 48.8 Å². The lowest BCUT2D eigenvalue weighted by atomic mass is 10.2. The fourth-order valence-corrected chi connectivity index (χ4v) is 2.16. The lowest BCUT2D eigenvalue weighted by molar-refractivity contribution is -0.154. The maximum atomic E-state index is 11.1. The van der Waals surface area contributed by atoms with Gasteiger partial charge in [0.25, 0.3) is 0 Å². The topological polar surface area (TPSA) is 114 Å². The van der Waals surface area contributed by atoms with Gasteiger partial charge in [-0.05, 0) is 88.1 Å². The van der Waals surface area contributed by atoms with Gasteiger partial charge in [0.15, 0.2) is 0 Å². The van der Waals surface area contributed by atoms with E-state index in [0.717, 1.165) is 36.5 Å². The van der Waals surface area contributed by atoms with Crippen LogP contribution in [0.3, 0.4) is 0 Å². The summed E-state index contributed by atoms with van der Waals surface area (Å²) in [6.07, 6.45) is 1.43. The summed E-state index contributed by atoms with van der Waals surface area (Å²) in [4.78, 5) is 33.1. The van der Waals surface area contributed by atoms with E-state index < -0.39 is 23.5 Å². The summed E-state index contributed by atoms with van der Waals surface area (Å²) in [5, 5.41) is 1.99. The molecule has 11 heteroatoms. The highest BCUT2D eigenvalue weighted by atomic mass is 79.9. The first-order valence-corrected chi connectivity index (χ1v) is 12.8. The molecule has 0 spiro atoms. The number of carbonyl (C=O) groups excluding carboxylic acids is 3. The minimum Gasteiger partial charge on any atom is -0.460 e. The number of ether oxygens (including phenoxy) is 4. The second-order valence-corrected chi connectivity index (χ2v) is 11.2. The van der Waals surface area contributed by atoms with Gasteiger partial charge in [-0.1, -0.05) is 31.9 Å². The third-order valence-electron chi connectivity index (χ3n) is 2.47. The second-order valence-electron chi connectivity index (χ2n) is 9.59. The van der Waals surface area contributed by atoms with Crippen LogP contribution in [0.1, 0.15) is 88.0 Å². The standard InChI is InChI=1S/C10H18O5.C9H17BrO2.C3H8BrN.BrH/c1-9(2,3)14-7(11)13-8(12)15-10(4,5)6;1-9(2,3)12-8(11)6-4-5-7-10;4-2-1-3-5;/h1-6H3;4-7H2,1-3H3;1-3,5H2;1H. The highest BCUT2D eigenvalue weighted by molar-refractivity contribution is 9.09. The maximum absolute atomic E-state index is 11.1. The van der Waals surface area contributed by atoms with E-state index in [1.54, 1.807) is 41.5 Å². The van der Waals surface area contributed by atoms with Crippen molar-refractivity contribution >= 4 is 67.1 Å². The molecule has 0 radical (unpaired) electrons. The predicted octanol–water partition coefficient (Wildman–Crippen LogP) is 7.07. The van der Waals surface area contributed by atoms with Crippen molar-refractivity contribution in [2.75, 3.05) is 17.2 Å². The summed E-state index contributed by atoms with van der Waals surface area (Å²) in [7, 11) is 0. The average molecular weight is 674 g/mol. The maximum Gasteiger partial charge on any atom is 0.519 e. The van der Waals surface area contributed by atoms with Crippen molar-refractivity contribution in [2.45, 2.75) is 105 Å². The first-order valence-electron chi connectivity index (χ1n) is 10.5. The molecule has 0 aromatic carbocycles. The molecule has 0 aliphatic carbocycles. The van der Waals surface area contributed by atoms with E-state index in [4.69, 9.17) is 19.9 Å². The van der Waals surface area contributed by atoms with Crippen LogP contribution in [-0.4, -0.2) is 52.3 Å². The molecule has 0 amide bonds. The smallest absolute Gasteiger partial charge is 0.460 e. The molecule has 33 heavy (non-hydrogen) atoms. The summed E-state index contributed by atoms with van der Waals surface area (Å²) < 4.78 is 18.9. The van der Waals surface area contributed by atoms with Crippen LogP contribution < -0.4 is 5.73 Å². The van der Waals surface area contributed by atoms with Gasteiger partial charge in [0.05, 0.1) is 0 Å². The van der Waals surface area contributed by atoms with Gasteiger partial charge in [-0.2, -0.15) is 0 Å². The average Bonchev–Trinajstić information content (AvgIpc) is 2.51. The first-order chi connectivity index (χ1) is 14.4. The van der Waals surface area contributed by atoms with Gasteiger partial charge in [-0.3, -0.25) is 4.79 Å². The number of nitrogens with two attached hydrogens (primary N) is 1. The molecule has 0 heterocycles. The number of unbranched alkanes of at least 4 members (excludes halogenated alkanes) is 1. The monoisotopic (exact) mass is 671 g/mol. The Morgan fingerprint density at radius 2 is 1.03 bits per heavy atom. The number of hydrogen-bond donors (Lipinski definition) is 1. The van der Waals surface area contributed by atoms with Gasteiger partial charge >= 0.3 is 18.3 Å². The number of hydrogen-bond acceptors (Lipinski definition) is 8. The van der Waals surface area contributed by atoms with Crippen LogP contribution in [-0.2, 0) is 23.7 Å². The van der Waals surface area contributed by atoms with Crippen molar-refractivity contribution < 1.29 is 33.3 Å². The lowest BCUT2D eigenvalue weighted by Crippen LogP contribution is -2.29. The van der Waals surface area contributed by atoms with E-state index in [2.05, 4.69) is 36.6 Å². The van der Waals surface area contributed by atoms with Crippen LogP contribution in [0.5, 0.6) is 0 Å². The Kier molecular flexibility index (Phi) is 25.3. The van der Waals surface area contributed by atoms with E-state index in [9.17, 15) is 14.4 Å². The van der Waals surface area contributed by atoms with Gasteiger partial charge < -0.3 is 24.7 Å². The van der Waals surface area contributed by atoms with Gasteiger partial charge in [0.2, 0.25) is 0 Å². The quantitative estimate of drug-likeness (QED) is 0.105. The molecule has 0 rings (SSSR count). The van der Waals surface area contributed by atoms with Gasteiger partial charge in [0, 0.05) is 17.1 Å². The van der Waals surface area contributed by atoms with Crippen LogP contribution in [0.15, 0.2) is 0 Å². The Hall–Kier alpha value is -0.390. The van der Waals surface area contributed by atoms with Gasteiger partial charge in [0.1, 0.15) is 16.8 Å². The van der Waals surface area contributed by atoms with E-state index in [1.165, 1.54) is 0 Å². The number of halogens is 3. The molecule has 2 N–H and O–H groups in total. The van der Waals surface area contributed by atoms with Crippen molar-refractivity contribution in [3.05, 3.63) is 0 Å². The minimum absolute atomic E-state index is 0. The zero-order chi connectivity index (χ0) is 26.0. The highest BCUT2D eigenvalue weighted by Crippen LogP contribution is 2.12. The lowest BCUT2D eigenvalue weighted by Gasteiger charge is -2.20. The Morgan fingerprint density at radius 1 is 0.667 bits per heavy atom. The zero-order valence-electron chi connectivity index (χ0n) is 21.5. The number of esters is 1. The molecule has 8 nitrogen and oxygen atoms in total. The fraction of sp³-hybridized carbons (Fsp3) is 0.864. The molecule has 0 bridgehead atoms. The number of alkyl halides is 2. The second kappa shape index (κ2) is 20.9. The van der Waals surface area contributed by atoms with Crippen molar-refractivity contribution in [2.24, 2.45) is 5.73 Å². The summed E-state index contributed by atoms with van der Waals surface area (Å²) >= 11 is 6.54. The molecule has 0 aliphatic rings. The molecule has 0 atom stereocenters. The fourth-order valence-electron chi connectivity index (χ4n) is 1.44. The molecule has 0 aliphatic heterocycles. The molecule has 0 aromatic rings. The summed E-state index contributed by atoms with van der Waals surface area (Å²) in [6.45, 7) is 16.5. The van der Waals surface area contributed by atoms with E-state index in [0.29, 0.717) is 6.42 Å². The summed E-state index contributed by atoms with van der Waals surface area (Å²) in [6, 6.07) is 0. The number of carbonyl (C=O) groups is 3. The van der Waals surface area contributed by atoms with Crippen LogP contribution in [0, 0.1) is 0 Å². The van der Waals surface area contributed by atoms with Crippen molar-refractivity contribution in [1.82, 2.24) is 0 Å². The van der Waals surface area contributed by atoms with Gasteiger partial charge in [-0.25, -0.2) is 9.59 Å². The van der Waals surface area contributed by atoms with Crippen molar-refractivity contribution in [3.8, 4) is 0 Å². The molecular formula is C22H44Br3NO7. The SMILES string of the molecule is Br.CC(C)(C)OC(=O)CCCCBr.CC(C)(C)OC(=O)OC(=O)OC(C)(C)C.NCCCBr. The molecule has 0 aromatic heterocycles. The van der Waals surface area contributed by atoms with Crippen molar-refractivity contribution in [3.63, 3.8) is 0 Å². The van der Waals surface area contributed by atoms with Crippen LogP contribution in [0.25, 0.3) is 0 Å². The predicted molar refractivity (Wildman–Crippen MR) is 145 cm³/mol. The van der Waals surface area contributed by atoms with E-state index >= 15 is 0 Å². The molecule has 0 fully saturated rings. The number of rotatable bonds is 6. The molecule has 0 unspecified atom stereocenters. The summed E-state index contributed by atoms with van der Waals surface area (Å²) in [5.41, 5.74) is 3.38. The minimum atomic E-state index is -1.06. The molecule has 200 valence electrons. The Labute approximate surface area is 227 Å². The third kappa shape index (κ3) is 42.3. The van der Waals surface area contributed by atoms with E-state index in [-0.39, 0.29) is 28.6 Å². The van der Waals surface area contributed by atoms with Gasteiger partial charge in [-0.15, -0.1) is 17.0 Å². The van der Waals surface area contributed by atoms with Crippen molar-refractivity contribution in [1.29, 1.82) is 0 Å². The third-order valence-corrected chi connectivity index (χ3v) is 3.59. The summed E-state index contributed by atoms with van der Waals surface area (Å²) in [5.74, 6) is -0.0940. The normalized spacial score (nSPS) is 10.8. The Bertz CT molecular complexity index is 498. The molecule has 0 saturated carbocycles. The molecular weight excluding hydrogens is 630 g/mol. The zero-order valence-corrected chi connectivity index (χ0v) is 26.4. The molecule has 0 saturated heterocycles. The Balaban J connectivity index is -0.000000209. The first kappa shape index (κ1) is 39.8. The van der Waals surface area contributed by atoms with Crippen LogP contribution in [0.4, 0.5) is 9.59 Å². The van der Waals surface area contributed by atoms with E-state index in [1.807, 2.05) is 20.8 Å². The Morgan fingerprint density at radius 3 is 1.27 bits per heavy atom. The highest BCUT2D eigenvalue weighted by Gasteiger charge is 2.24. The largest absolute Gasteiger partial charge is 0.519 e. The van der Waals surface area contributed by atoms with Crippen LogP contribution in [0.2, 0.25) is 0 Å².